The molecular formula is C14H22N4O3S. The van der Waals surface area contributed by atoms with Crippen molar-refractivity contribution in [1.82, 2.24) is 9.97 Å². The van der Waals surface area contributed by atoms with Crippen molar-refractivity contribution >= 4 is 21.5 Å². The first-order valence-electron chi connectivity index (χ1n) is 7.35. The van der Waals surface area contributed by atoms with Gasteiger partial charge >= 0.3 is 0 Å². The van der Waals surface area contributed by atoms with Crippen molar-refractivity contribution in [3.05, 3.63) is 12.4 Å². The fourth-order valence-electron chi connectivity index (χ4n) is 3.43. The molecule has 0 bridgehead atoms. The molecule has 7 nitrogen and oxygen atoms in total. The van der Waals surface area contributed by atoms with Gasteiger partial charge in [0.2, 0.25) is 0 Å². The lowest BCUT2D eigenvalue weighted by atomic mass is 9.83. The Labute approximate surface area is 131 Å². The Kier molecular flexibility index (Phi) is 3.76. The minimum atomic E-state index is -3.06. The van der Waals surface area contributed by atoms with Crippen LogP contribution in [0.1, 0.15) is 6.42 Å². The van der Waals surface area contributed by atoms with Crippen LogP contribution >= 0.6 is 0 Å². The number of sulfone groups is 1. The summed E-state index contributed by atoms with van der Waals surface area (Å²) in [4.78, 5) is 12.4. The number of hydrogen-bond acceptors (Lipinski definition) is 7. The van der Waals surface area contributed by atoms with Gasteiger partial charge in [0, 0.05) is 46.3 Å². The van der Waals surface area contributed by atoms with Crippen LogP contribution in [0, 0.1) is 5.92 Å². The molecule has 122 valence electrons. The van der Waals surface area contributed by atoms with Crippen LogP contribution < -0.4 is 9.80 Å². The topological polar surface area (TPSA) is 75.6 Å². The lowest BCUT2D eigenvalue weighted by Crippen LogP contribution is -2.68. The summed E-state index contributed by atoms with van der Waals surface area (Å²) in [6.45, 7) is 1.49. The molecule has 0 radical (unpaired) electrons. The molecule has 1 spiro atoms. The van der Waals surface area contributed by atoms with Gasteiger partial charge in [0.15, 0.2) is 9.84 Å². The van der Waals surface area contributed by atoms with Crippen molar-refractivity contribution in [2.45, 2.75) is 11.2 Å². The number of rotatable bonds is 4. The minimum Gasteiger partial charge on any atom is -0.384 e. The number of hydrogen-bond donors (Lipinski definition) is 0. The predicted molar refractivity (Wildman–Crippen MR) is 85.1 cm³/mol. The number of anilines is 2. The Morgan fingerprint density at radius 1 is 1.41 bits per heavy atom. The highest BCUT2D eigenvalue weighted by atomic mass is 32.2. The summed E-state index contributed by atoms with van der Waals surface area (Å²) < 4.78 is 29.5. The Bertz CT molecular complexity index is 656. The molecule has 1 atom stereocenters. The maximum Gasteiger partial charge on any atom is 0.159 e. The van der Waals surface area contributed by atoms with E-state index in [4.69, 9.17) is 4.74 Å². The van der Waals surface area contributed by atoms with Gasteiger partial charge in [0.05, 0.1) is 12.4 Å². The van der Waals surface area contributed by atoms with Crippen molar-refractivity contribution in [3.63, 3.8) is 0 Å². The van der Waals surface area contributed by atoms with Crippen molar-refractivity contribution in [2.24, 2.45) is 5.92 Å². The molecule has 2 fully saturated rings. The van der Waals surface area contributed by atoms with Crippen LogP contribution in [0.5, 0.6) is 0 Å². The predicted octanol–water partition coefficient (Wildman–Crippen LogP) is 0.183. The summed E-state index contributed by atoms with van der Waals surface area (Å²) in [6.07, 6.45) is 2.21. The minimum absolute atomic E-state index is 0.0777. The molecule has 0 N–H and O–H groups in total. The summed E-state index contributed by atoms with van der Waals surface area (Å²) in [5.41, 5.74) is 0. The second kappa shape index (κ2) is 5.34. The Morgan fingerprint density at radius 2 is 2.14 bits per heavy atom. The second-order valence-corrected chi connectivity index (χ2v) is 8.76. The highest BCUT2D eigenvalue weighted by Crippen LogP contribution is 2.46. The maximum atomic E-state index is 12.5. The van der Waals surface area contributed by atoms with Crippen molar-refractivity contribution in [2.75, 3.05) is 56.5 Å². The smallest absolute Gasteiger partial charge is 0.159 e. The SMILES string of the molecule is COCC1CCS(=O)(=O)C12CN(c1cc(N(C)C)ncn1)C2. The molecule has 2 aliphatic heterocycles. The first-order valence-corrected chi connectivity index (χ1v) is 9.00. The van der Waals surface area contributed by atoms with E-state index in [2.05, 4.69) is 9.97 Å². The van der Waals surface area contributed by atoms with Crippen molar-refractivity contribution in [1.29, 1.82) is 0 Å². The summed E-state index contributed by atoms with van der Waals surface area (Å²) in [7, 11) is 2.40. The highest BCUT2D eigenvalue weighted by molar-refractivity contribution is 7.93. The van der Waals surface area contributed by atoms with Crippen molar-refractivity contribution in [3.8, 4) is 0 Å². The molecule has 0 amide bonds. The zero-order valence-corrected chi connectivity index (χ0v) is 14.0. The van der Waals surface area contributed by atoms with Crippen molar-refractivity contribution < 1.29 is 13.2 Å². The molecule has 1 unspecified atom stereocenters. The molecule has 2 saturated heterocycles. The van der Waals surface area contributed by atoms with Crippen LogP contribution in [0.4, 0.5) is 11.6 Å². The van der Waals surface area contributed by atoms with E-state index in [0.29, 0.717) is 26.1 Å². The van der Waals surface area contributed by atoms with E-state index >= 15 is 0 Å². The van der Waals surface area contributed by atoms with Gasteiger partial charge in [-0.15, -0.1) is 0 Å². The molecule has 3 heterocycles. The number of aromatic nitrogens is 2. The Balaban J connectivity index is 1.81. The molecule has 1 aromatic rings. The summed E-state index contributed by atoms with van der Waals surface area (Å²) in [6, 6.07) is 1.89. The molecule has 0 saturated carbocycles. The van der Waals surface area contributed by atoms with Gasteiger partial charge in [-0.3, -0.25) is 0 Å². The van der Waals surface area contributed by atoms with Gasteiger partial charge in [-0.25, -0.2) is 18.4 Å². The first-order chi connectivity index (χ1) is 10.4. The van der Waals surface area contributed by atoms with Crippen LogP contribution in [0.15, 0.2) is 12.4 Å². The molecule has 2 aliphatic rings. The van der Waals surface area contributed by atoms with Crippen LogP contribution in [-0.4, -0.2) is 69.8 Å². The van der Waals surface area contributed by atoms with E-state index in [1.165, 1.54) is 6.33 Å². The van der Waals surface area contributed by atoms with E-state index in [-0.39, 0.29) is 11.7 Å². The van der Waals surface area contributed by atoms with E-state index in [1.807, 2.05) is 30.0 Å². The quantitative estimate of drug-likeness (QED) is 0.781. The lowest BCUT2D eigenvalue weighted by molar-refractivity contribution is 0.123. The normalized spacial score (nSPS) is 25.2. The van der Waals surface area contributed by atoms with Gasteiger partial charge in [0.25, 0.3) is 0 Å². The summed E-state index contributed by atoms with van der Waals surface area (Å²) in [5, 5.41) is 0. The second-order valence-electron chi connectivity index (χ2n) is 6.31. The third-order valence-corrected chi connectivity index (χ3v) is 7.41. The standard InChI is InChI=1S/C14H22N4O3S/c1-17(2)12-6-13(16-10-15-12)18-8-14(9-18)11(7-21-3)4-5-22(14,19)20/h6,10-11H,4-5,7-9H2,1-3H3. The largest absolute Gasteiger partial charge is 0.384 e. The Hall–Kier alpha value is -1.41. The lowest BCUT2D eigenvalue weighted by Gasteiger charge is -2.50. The molecule has 22 heavy (non-hydrogen) atoms. The van der Waals surface area contributed by atoms with E-state index in [9.17, 15) is 8.42 Å². The Morgan fingerprint density at radius 3 is 2.77 bits per heavy atom. The molecule has 8 heteroatoms. The van der Waals surface area contributed by atoms with E-state index < -0.39 is 14.6 Å². The third-order valence-electron chi connectivity index (χ3n) is 4.80. The zero-order valence-electron chi connectivity index (χ0n) is 13.2. The average Bonchev–Trinajstić information content (AvgIpc) is 2.69. The third kappa shape index (κ3) is 2.25. The fraction of sp³-hybridized carbons (Fsp3) is 0.714. The fourth-order valence-corrected chi connectivity index (χ4v) is 5.83. The number of nitrogens with zero attached hydrogens (tertiary/aromatic N) is 4. The van der Waals surface area contributed by atoms with Gasteiger partial charge in [0.1, 0.15) is 22.7 Å². The van der Waals surface area contributed by atoms with E-state index in [1.54, 1.807) is 7.11 Å². The number of methoxy groups -OCH3 is 1. The van der Waals surface area contributed by atoms with Crippen LogP contribution in [0.25, 0.3) is 0 Å². The van der Waals surface area contributed by atoms with Gasteiger partial charge in [-0.1, -0.05) is 0 Å². The van der Waals surface area contributed by atoms with Crippen LogP contribution in [0.3, 0.4) is 0 Å². The molecular weight excluding hydrogens is 304 g/mol. The molecule has 3 rings (SSSR count). The first kappa shape index (κ1) is 15.5. The van der Waals surface area contributed by atoms with E-state index in [0.717, 1.165) is 11.6 Å². The zero-order chi connectivity index (χ0) is 16.0. The highest BCUT2D eigenvalue weighted by Gasteiger charge is 2.61. The van der Waals surface area contributed by atoms with Gasteiger partial charge in [-0.2, -0.15) is 0 Å². The molecule has 0 aromatic carbocycles. The molecule has 0 aliphatic carbocycles. The van der Waals surface area contributed by atoms with Gasteiger partial charge < -0.3 is 14.5 Å². The maximum absolute atomic E-state index is 12.5. The van der Waals surface area contributed by atoms with Crippen LogP contribution in [0.2, 0.25) is 0 Å². The molecule has 1 aromatic heterocycles. The summed E-state index contributed by atoms with van der Waals surface area (Å²) >= 11 is 0. The number of ether oxygens (including phenoxy) is 1. The average molecular weight is 326 g/mol. The monoisotopic (exact) mass is 326 g/mol. The van der Waals surface area contributed by atoms with Crippen LogP contribution in [-0.2, 0) is 14.6 Å². The summed E-state index contributed by atoms with van der Waals surface area (Å²) in [5.74, 6) is 1.94. The van der Waals surface area contributed by atoms with Gasteiger partial charge in [-0.05, 0) is 6.42 Å².